The molecule has 12 heteroatoms. The topological polar surface area (TPSA) is 214 Å². The average Bonchev–Trinajstić information content (AvgIpc) is 2.94. The highest BCUT2D eigenvalue weighted by Gasteiger charge is 2.93. The summed E-state index contributed by atoms with van der Waals surface area (Å²) in [7, 11) is 0. The van der Waals surface area contributed by atoms with Gasteiger partial charge in [0.2, 0.25) is 0 Å². The Kier molecular flexibility index (Phi) is 7.63. The zero-order chi connectivity index (χ0) is 27.9. The van der Waals surface area contributed by atoms with Crippen LogP contribution in [0.3, 0.4) is 0 Å². The van der Waals surface area contributed by atoms with Gasteiger partial charge < -0.3 is 50.3 Å². The van der Waals surface area contributed by atoms with Crippen molar-refractivity contribution in [3.63, 3.8) is 0 Å². The van der Waals surface area contributed by atoms with Gasteiger partial charge in [-0.05, 0) is 35.4 Å². The maximum Gasteiger partial charge on any atom is 0.338 e. The van der Waals surface area contributed by atoms with Gasteiger partial charge in [-0.15, -0.1) is 0 Å². The van der Waals surface area contributed by atoms with Crippen LogP contribution in [0.2, 0.25) is 0 Å². The summed E-state index contributed by atoms with van der Waals surface area (Å²) in [6, 6.07) is 10.8. The molecule has 7 atom stereocenters. The fourth-order valence-corrected chi connectivity index (χ4v) is 5.90. The number of aliphatic hydroxyl groups is 8. The van der Waals surface area contributed by atoms with E-state index in [9.17, 15) is 40.2 Å². The molecule has 2 aliphatic carbocycles. The molecule has 0 saturated heterocycles. The van der Waals surface area contributed by atoms with Crippen molar-refractivity contribution in [2.45, 2.75) is 40.8 Å². The Balaban J connectivity index is 1.66. The van der Waals surface area contributed by atoms with Gasteiger partial charge in [0.1, 0.15) is 36.1 Å². The van der Waals surface area contributed by atoms with Crippen LogP contribution >= 0.6 is 0 Å². The number of carbonyl (C=O) groups excluding carboxylic acids is 2. The fraction of sp³-hybridized carbons (Fsp3) is 0.462. The lowest BCUT2D eigenvalue weighted by Crippen LogP contribution is -2.99. The first-order valence-electron chi connectivity index (χ1n) is 11.9. The van der Waals surface area contributed by atoms with E-state index in [0.29, 0.717) is 0 Å². The van der Waals surface area contributed by atoms with Crippen molar-refractivity contribution in [1.29, 1.82) is 0 Å². The standard InChI is InChI=1S/C26H30O12/c27-9-11-37-22(32)16-5-1-14(2-6-16)19-21(31)25(35)20(24(34,18(30)13-29)26(19,25)36)15-3-7-17(8-4-15)23(33)38-12-10-28/h1-8,18-21,27-31,34-36H,9-13H2/t18-,19?,20?,21?,24+,25+,26+/m1/s1. The second-order valence-corrected chi connectivity index (χ2v) is 9.43. The van der Waals surface area contributed by atoms with Crippen LogP contribution in [0.4, 0.5) is 0 Å². The van der Waals surface area contributed by atoms with Crippen LogP contribution in [0.1, 0.15) is 43.7 Å². The molecule has 38 heavy (non-hydrogen) atoms. The number of carbonyl (C=O) groups is 2. The van der Waals surface area contributed by atoms with Gasteiger partial charge in [0.25, 0.3) is 0 Å². The highest BCUT2D eigenvalue weighted by molar-refractivity contribution is 5.90. The molecule has 2 aromatic carbocycles. The fourth-order valence-electron chi connectivity index (χ4n) is 5.90. The van der Waals surface area contributed by atoms with Crippen LogP contribution in [-0.2, 0) is 9.47 Å². The SMILES string of the molecule is O=C(OCCO)c1ccc(C2C(O)[C@@]3(O)C(c4ccc(C(=O)OCCO)cc4)[C@@](O)([C@H](O)CO)[C@@]23O)cc1. The first-order chi connectivity index (χ1) is 18.0. The number of hydrogen-bond acceptors (Lipinski definition) is 12. The Morgan fingerprint density at radius 3 is 1.66 bits per heavy atom. The summed E-state index contributed by atoms with van der Waals surface area (Å²) < 4.78 is 9.68. The van der Waals surface area contributed by atoms with Crippen LogP contribution in [0.5, 0.6) is 0 Å². The highest BCUT2D eigenvalue weighted by atomic mass is 16.5. The lowest BCUT2D eigenvalue weighted by Gasteiger charge is -2.80. The number of hydrogen-bond donors (Lipinski definition) is 8. The molecular formula is C26H30O12. The largest absolute Gasteiger partial charge is 0.460 e. The van der Waals surface area contributed by atoms with Gasteiger partial charge in [0.05, 0.1) is 43.0 Å². The molecular weight excluding hydrogens is 504 g/mol. The summed E-state index contributed by atoms with van der Waals surface area (Å²) in [5.74, 6) is -4.23. The van der Waals surface area contributed by atoms with Crippen LogP contribution in [0.15, 0.2) is 48.5 Å². The number of rotatable bonds is 10. The molecule has 2 saturated carbocycles. The smallest absolute Gasteiger partial charge is 0.338 e. The van der Waals surface area contributed by atoms with Crippen LogP contribution in [-0.4, -0.2) is 115 Å². The molecule has 2 aromatic rings. The van der Waals surface area contributed by atoms with E-state index in [-0.39, 0.29) is 48.7 Å². The third-order valence-electron chi connectivity index (χ3n) is 7.63. The Morgan fingerprint density at radius 2 is 1.24 bits per heavy atom. The van der Waals surface area contributed by atoms with Crippen molar-refractivity contribution in [3.05, 3.63) is 70.8 Å². The molecule has 0 heterocycles. The molecule has 0 radical (unpaired) electrons. The molecule has 0 aliphatic heterocycles. The van der Waals surface area contributed by atoms with Gasteiger partial charge in [0.15, 0.2) is 0 Å². The minimum atomic E-state index is -2.53. The van der Waals surface area contributed by atoms with E-state index in [0.717, 1.165) is 0 Å². The summed E-state index contributed by atoms with van der Waals surface area (Å²) in [5, 5.41) is 83.8. The van der Waals surface area contributed by atoms with E-state index in [1.165, 1.54) is 48.5 Å². The number of ether oxygens (including phenoxy) is 2. The number of benzene rings is 2. The first-order valence-corrected chi connectivity index (χ1v) is 11.9. The van der Waals surface area contributed by atoms with Crippen LogP contribution in [0, 0.1) is 0 Å². The second-order valence-electron chi connectivity index (χ2n) is 9.43. The molecule has 2 aliphatic rings. The maximum atomic E-state index is 12.0. The average molecular weight is 535 g/mol. The predicted octanol–water partition coefficient (Wildman–Crippen LogP) is -2.21. The predicted molar refractivity (Wildman–Crippen MR) is 127 cm³/mol. The van der Waals surface area contributed by atoms with Gasteiger partial charge in [-0.1, -0.05) is 24.3 Å². The molecule has 12 nitrogen and oxygen atoms in total. The molecule has 0 bridgehead atoms. The summed E-state index contributed by atoms with van der Waals surface area (Å²) >= 11 is 0. The van der Waals surface area contributed by atoms with Crippen molar-refractivity contribution in [2.24, 2.45) is 0 Å². The van der Waals surface area contributed by atoms with Crippen molar-refractivity contribution >= 4 is 11.9 Å². The summed E-state index contributed by atoms with van der Waals surface area (Å²) in [5.41, 5.74) is -6.78. The third kappa shape index (κ3) is 3.76. The van der Waals surface area contributed by atoms with Gasteiger partial charge >= 0.3 is 11.9 Å². The molecule has 0 spiro atoms. The number of aliphatic hydroxyl groups excluding tert-OH is 5. The molecule has 0 aromatic heterocycles. The van der Waals surface area contributed by atoms with Gasteiger partial charge in [-0.2, -0.15) is 0 Å². The van der Waals surface area contributed by atoms with Crippen molar-refractivity contribution in [3.8, 4) is 0 Å². The van der Waals surface area contributed by atoms with E-state index < -0.39 is 59.4 Å². The van der Waals surface area contributed by atoms with Gasteiger partial charge in [-0.25, -0.2) is 9.59 Å². The highest BCUT2D eigenvalue weighted by Crippen LogP contribution is 2.75. The van der Waals surface area contributed by atoms with E-state index in [4.69, 9.17) is 19.7 Å². The third-order valence-corrected chi connectivity index (χ3v) is 7.63. The van der Waals surface area contributed by atoms with Crippen molar-refractivity contribution < 1.29 is 59.9 Å². The van der Waals surface area contributed by atoms with E-state index >= 15 is 0 Å². The summed E-state index contributed by atoms with van der Waals surface area (Å²) in [6.45, 7) is -2.11. The van der Waals surface area contributed by atoms with Crippen molar-refractivity contribution in [1.82, 2.24) is 0 Å². The Labute approximate surface area is 216 Å². The van der Waals surface area contributed by atoms with E-state index in [2.05, 4.69) is 0 Å². The first kappa shape index (κ1) is 28.1. The summed E-state index contributed by atoms with van der Waals surface area (Å²) in [4.78, 5) is 24.0. The van der Waals surface area contributed by atoms with Gasteiger partial charge in [-0.3, -0.25) is 0 Å². The molecule has 4 rings (SSSR count). The molecule has 2 fully saturated rings. The number of esters is 2. The van der Waals surface area contributed by atoms with Crippen LogP contribution in [0.25, 0.3) is 0 Å². The monoisotopic (exact) mass is 534 g/mol. The second kappa shape index (κ2) is 10.3. The van der Waals surface area contributed by atoms with E-state index in [1.54, 1.807) is 0 Å². The van der Waals surface area contributed by atoms with Crippen LogP contribution < -0.4 is 0 Å². The maximum absolute atomic E-state index is 12.0. The van der Waals surface area contributed by atoms with Gasteiger partial charge in [0, 0.05) is 5.92 Å². The Bertz CT molecular complexity index is 1170. The Morgan fingerprint density at radius 1 is 0.789 bits per heavy atom. The normalized spacial score (nSPS) is 32.4. The minimum Gasteiger partial charge on any atom is -0.460 e. The lowest BCUT2D eigenvalue weighted by atomic mass is 9.30. The summed E-state index contributed by atoms with van der Waals surface area (Å²) in [6.07, 6.45) is -3.57. The van der Waals surface area contributed by atoms with E-state index in [1.807, 2.05) is 0 Å². The Hall–Kier alpha value is -2.94. The minimum absolute atomic E-state index is 0.0969. The zero-order valence-corrected chi connectivity index (χ0v) is 20.2. The molecule has 8 N–H and O–H groups in total. The van der Waals surface area contributed by atoms with Crippen molar-refractivity contribution in [2.75, 3.05) is 33.0 Å². The zero-order valence-electron chi connectivity index (χ0n) is 20.2. The number of fused-ring (bicyclic) bond motifs is 1. The quantitative estimate of drug-likeness (QED) is 0.152. The molecule has 3 unspecified atom stereocenters. The molecule has 0 amide bonds. The molecule has 206 valence electrons. The lowest BCUT2D eigenvalue weighted by molar-refractivity contribution is -0.459.